The topological polar surface area (TPSA) is 66.5 Å². The SMILES string of the molecule is Cn1cc(CNCc2ccc(C#N)cc2)nn1. The Morgan fingerprint density at radius 2 is 2.06 bits per heavy atom. The molecule has 0 fully saturated rings. The fourth-order valence-electron chi connectivity index (χ4n) is 1.51. The molecule has 86 valence electrons. The van der Waals surface area contributed by atoms with Gasteiger partial charge < -0.3 is 5.32 Å². The van der Waals surface area contributed by atoms with Crippen LogP contribution in [-0.4, -0.2) is 15.0 Å². The molecule has 5 heteroatoms. The first kappa shape index (κ1) is 11.3. The molecule has 0 bridgehead atoms. The van der Waals surface area contributed by atoms with Crippen LogP contribution in [0.5, 0.6) is 0 Å². The van der Waals surface area contributed by atoms with E-state index in [1.54, 1.807) is 4.68 Å². The predicted molar refractivity (Wildman–Crippen MR) is 62.7 cm³/mol. The van der Waals surface area contributed by atoms with Crippen LogP contribution >= 0.6 is 0 Å². The third-order valence-electron chi connectivity index (χ3n) is 2.37. The van der Waals surface area contributed by atoms with Gasteiger partial charge in [0.05, 0.1) is 17.3 Å². The van der Waals surface area contributed by atoms with Gasteiger partial charge >= 0.3 is 0 Å². The van der Waals surface area contributed by atoms with Gasteiger partial charge in [-0.25, -0.2) is 0 Å². The van der Waals surface area contributed by atoms with Crippen LogP contribution in [0.2, 0.25) is 0 Å². The fourth-order valence-corrected chi connectivity index (χ4v) is 1.51. The van der Waals surface area contributed by atoms with Gasteiger partial charge in [-0.1, -0.05) is 17.3 Å². The van der Waals surface area contributed by atoms with E-state index in [4.69, 9.17) is 5.26 Å². The highest BCUT2D eigenvalue weighted by Gasteiger charge is 1.98. The van der Waals surface area contributed by atoms with Gasteiger partial charge in [0.2, 0.25) is 0 Å². The lowest BCUT2D eigenvalue weighted by Gasteiger charge is -2.02. The molecule has 0 aliphatic heterocycles. The van der Waals surface area contributed by atoms with Crippen molar-refractivity contribution < 1.29 is 0 Å². The number of hydrogen-bond acceptors (Lipinski definition) is 4. The lowest BCUT2D eigenvalue weighted by molar-refractivity contribution is 0.674. The van der Waals surface area contributed by atoms with Crippen molar-refractivity contribution >= 4 is 0 Å². The van der Waals surface area contributed by atoms with Crippen LogP contribution in [0.3, 0.4) is 0 Å². The van der Waals surface area contributed by atoms with Gasteiger partial charge in [-0.2, -0.15) is 5.26 Å². The maximum absolute atomic E-state index is 8.67. The zero-order chi connectivity index (χ0) is 12.1. The van der Waals surface area contributed by atoms with E-state index in [1.807, 2.05) is 37.5 Å². The van der Waals surface area contributed by atoms with E-state index < -0.39 is 0 Å². The van der Waals surface area contributed by atoms with Crippen LogP contribution in [0.25, 0.3) is 0 Å². The second-order valence-corrected chi connectivity index (χ2v) is 3.80. The zero-order valence-electron chi connectivity index (χ0n) is 9.59. The number of nitriles is 1. The number of aryl methyl sites for hydroxylation is 1. The van der Waals surface area contributed by atoms with Gasteiger partial charge in [0, 0.05) is 26.3 Å². The molecular formula is C12H13N5. The lowest BCUT2D eigenvalue weighted by Crippen LogP contribution is -2.12. The van der Waals surface area contributed by atoms with Crippen LogP contribution in [-0.2, 0) is 20.1 Å². The molecule has 0 radical (unpaired) electrons. The highest BCUT2D eigenvalue weighted by atomic mass is 15.4. The van der Waals surface area contributed by atoms with Crippen molar-refractivity contribution in [3.63, 3.8) is 0 Å². The summed E-state index contributed by atoms with van der Waals surface area (Å²) >= 11 is 0. The molecule has 17 heavy (non-hydrogen) atoms. The molecule has 2 rings (SSSR count). The fraction of sp³-hybridized carbons (Fsp3) is 0.250. The van der Waals surface area contributed by atoms with E-state index in [0.717, 1.165) is 17.8 Å². The number of aromatic nitrogens is 3. The Kier molecular flexibility index (Phi) is 3.48. The number of rotatable bonds is 4. The van der Waals surface area contributed by atoms with E-state index in [9.17, 15) is 0 Å². The minimum Gasteiger partial charge on any atom is -0.307 e. The Morgan fingerprint density at radius 1 is 1.29 bits per heavy atom. The van der Waals surface area contributed by atoms with Crippen LogP contribution in [0, 0.1) is 11.3 Å². The van der Waals surface area contributed by atoms with Crippen LogP contribution in [0.15, 0.2) is 30.5 Å². The number of nitrogens with zero attached hydrogens (tertiary/aromatic N) is 4. The maximum Gasteiger partial charge on any atom is 0.0991 e. The molecule has 1 N–H and O–H groups in total. The minimum atomic E-state index is 0.683. The zero-order valence-corrected chi connectivity index (χ0v) is 9.59. The summed E-state index contributed by atoms with van der Waals surface area (Å²) in [6.07, 6.45) is 1.88. The molecule has 0 aliphatic rings. The van der Waals surface area contributed by atoms with Crippen molar-refractivity contribution in [1.82, 2.24) is 20.3 Å². The van der Waals surface area contributed by atoms with Crippen LogP contribution in [0.4, 0.5) is 0 Å². The van der Waals surface area contributed by atoms with Crippen molar-refractivity contribution in [3.8, 4) is 6.07 Å². The first-order valence-electron chi connectivity index (χ1n) is 5.33. The Hall–Kier alpha value is -2.19. The molecule has 5 nitrogen and oxygen atoms in total. The average Bonchev–Trinajstić information content (AvgIpc) is 2.76. The maximum atomic E-state index is 8.67. The number of nitrogens with one attached hydrogen (secondary N) is 1. The van der Waals surface area contributed by atoms with Crippen molar-refractivity contribution in [3.05, 3.63) is 47.3 Å². The van der Waals surface area contributed by atoms with Crippen LogP contribution < -0.4 is 5.32 Å². The standard InChI is InChI=1S/C12H13N5/c1-17-9-12(15-16-17)8-14-7-11-4-2-10(6-13)3-5-11/h2-5,9,14H,7-8H2,1H3. The van der Waals surface area contributed by atoms with E-state index in [2.05, 4.69) is 21.7 Å². The molecule has 1 heterocycles. The van der Waals surface area contributed by atoms with Gasteiger partial charge in [-0.3, -0.25) is 4.68 Å². The summed E-state index contributed by atoms with van der Waals surface area (Å²) in [5, 5.41) is 19.8. The summed E-state index contributed by atoms with van der Waals surface area (Å²) in [5.41, 5.74) is 2.75. The van der Waals surface area contributed by atoms with Gasteiger partial charge in [-0.15, -0.1) is 5.10 Å². The van der Waals surface area contributed by atoms with Crippen molar-refractivity contribution in [2.45, 2.75) is 13.1 Å². The third-order valence-corrected chi connectivity index (χ3v) is 2.37. The Labute approximate surface area is 99.7 Å². The molecule has 0 saturated heterocycles. The summed E-state index contributed by atoms with van der Waals surface area (Å²) in [6.45, 7) is 1.44. The number of benzene rings is 1. The second-order valence-electron chi connectivity index (χ2n) is 3.80. The monoisotopic (exact) mass is 227 g/mol. The first-order chi connectivity index (χ1) is 8.28. The Morgan fingerprint density at radius 3 is 2.65 bits per heavy atom. The smallest absolute Gasteiger partial charge is 0.0991 e. The summed E-state index contributed by atoms with van der Waals surface area (Å²) < 4.78 is 1.68. The molecule has 1 aromatic heterocycles. The average molecular weight is 227 g/mol. The number of hydrogen-bond donors (Lipinski definition) is 1. The van der Waals surface area contributed by atoms with E-state index in [0.29, 0.717) is 12.1 Å². The molecule has 0 atom stereocenters. The highest BCUT2D eigenvalue weighted by molar-refractivity contribution is 5.31. The van der Waals surface area contributed by atoms with E-state index in [-0.39, 0.29) is 0 Å². The lowest BCUT2D eigenvalue weighted by atomic mass is 10.1. The van der Waals surface area contributed by atoms with Gasteiger partial charge in [0.25, 0.3) is 0 Å². The second kappa shape index (κ2) is 5.23. The molecule has 0 aliphatic carbocycles. The Bertz CT molecular complexity index is 521. The third kappa shape index (κ3) is 3.13. The summed E-state index contributed by atoms with van der Waals surface area (Å²) in [7, 11) is 1.84. The molecule has 0 spiro atoms. The molecule has 0 amide bonds. The Balaban J connectivity index is 1.84. The molecule has 0 saturated carbocycles. The molecule has 2 aromatic rings. The largest absolute Gasteiger partial charge is 0.307 e. The quantitative estimate of drug-likeness (QED) is 0.845. The van der Waals surface area contributed by atoms with Gasteiger partial charge in [0.1, 0.15) is 0 Å². The van der Waals surface area contributed by atoms with Crippen molar-refractivity contribution in [1.29, 1.82) is 5.26 Å². The van der Waals surface area contributed by atoms with Crippen molar-refractivity contribution in [2.24, 2.45) is 7.05 Å². The normalized spacial score (nSPS) is 10.1. The molecular weight excluding hydrogens is 214 g/mol. The summed E-state index contributed by atoms with van der Waals surface area (Å²) in [4.78, 5) is 0. The summed E-state index contributed by atoms with van der Waals surface area (Å²) in [5.74, 6) is 0. The predicted octanol–water partition coefficient (Wildman–Crippen LogP) is 0.977. The van der Waals surface area contributed by atoms with Gasteiger partial charge in [-0.05, 0) is 17.7 Å². The highest BCUT2D eigenvalue weighted by Crippen LogP contribution is 2.03. The van der Waals surface area contributed by atoms with Crippen molar-refractivity contribution in [2.75, 3.05) is 0 Å². The minimum absolute atomic E-state index is 0.683. The van der Waals surface area contributed by atoms with Gasteiger partial charge in [0.15, 0.2) is 0 Å². The van der Waals surface area contributed by atoms with E-state index >= 15 is 0 Å². The molecule has 1 aromatic carbocycles. The first-order valence-corrected chi connectivity index (χ1v) is 5.33. The van der Waals surface area contributed by atoms with E-state index in [1.165, 1.54) is 0 Å². The van der Waals surface area contributed by atoms with Crippen LogP contribution in [0.1, 0.15) is 16.8 Å². The summed E-state index contributed by atoms with van der Waals surface area (Å²) in [6, 6.07) is 9.63. The molecule has 0 unspecified atom stereocenters.